The van der Waals surface area contributed by atoms with Crippen LogP contribution in [0.3, 0.4) is 0 Å². The minimum atomic E-state index is -2.56. The summed E-state index contributed by atoms with van der Waals surface area (Å²) < 4.78 is 34.0. The van der Waals surface area contributed by atoms with Crippen LogP contribution in [-0.2, 0) is 42.5 Å². The van der Waals surface area contributed by atoms with Crippen LogP contribution in [0.25, 0.3) is 0 Å². The first kappa shape index (κ1) is 30.8. The molecule has 0 aromatic carbocycles. The van der Waals surface area contributed by atoms with Gasteiger partial charge in [0.05, 0.1) is 0 Å². The molecule has 0 radical (unpaired) electrons. The molecular formula is C23H41NO10Si. The van der Waals surface area contributed by atoms with Crippen LogP contribution in [0.5, 0.6) is 0 Å². The molecule has 1 saturated heterocycles. The van der Waals surface area contributed by atoms with Crippen molar-refractivity contribution in [3.05, 3.63) is 0 Å². The normalized spacial score (nSPS) is 25.3. The zero-order valence-electron chi connectivity index (χ0n) is 22.7. The Labute approximate surface area is 208 Å². The van der Waals surface area contributed by atoms with Crippen molar-refractivity contribution in [2.75, 3.05) is 6.61 Å². The smallest absolute Gasteiger partial charge is 0.408 e. The number of esters is 3. The molecule has 1 aliphatic heterocycles. The van der Waals surface area contributed by atoms with E-state index in [2.05, 4.69) is 5.32 Å². The van der Waals surface area contributed by atoms with Crippen LogP contribution in [-0.4, -0.2) is 75.2 Å². The molecule has 0 spiro atoms. The van der Waals surface area contributed by atoms with Crippen molar-refractivity contribution in [2.24, 2.45) is 0 Å². The van der Waals surface area contributed by atoms with Crippen LogP contribution < -0.4 is 5.32 Å². The lowest BCUT2D eigenvalue weighted by atomic mass is 9.96. The van der Waals surface area contributed by atoms with Gasteiger partial charge in [0.2, 0.25) is 6.29 Å². The summed E-state index contributed by atoms with van der Waals surface area (Å²) in [5.74, 6) is -1.87. The molecule has 0 aromatic heterocycles. The number of amides is 1. The zero-order valence-corrected chi connectivity index (χ0v) is 23.7. The Morgan fingerprint density at radius 3 is 1.83 bits per heavy atom. The minimum Gasteiger partial charge on any atom is -0.463 e. The van der Waals surface area contributed by atoms with E-state index in [4.69, 9.17) is 28.1 Å². The number of hydrogen-bond acceptors (Lipinski definition) is 10. The van der Waals surface area contributed by atoms with Crippen molar-refractivity contribution in [1.82, 2.24) is 5.32 Å². The van der Waals surface area contributed by atoms with Gasteiger partial charge in [-0.05, 0) is 38.9 Å². The third kappa shape index (κ3) is 9.77. The lowest BCUT2D eigenvalue weighted by molar-refractivity contribution is -0.265. The lowest BCUT2D eigenvalue weighted by Crippen LogP contribution is -2.68. The maximum atomic E-state index is 12.7. The number of rotatable bonds is 7. The summed E-state index contributed by atoms with van der Waals surface area (Å²) in [6.45, 7) is 18.5. The van der Waals surface area contributed by atoms with Crippen LogP contribution in [0.15, 0.2) is 0 Å². The Hall–Kier alpha value is -2.18. The molecule has 0 aromatic rings. The highest BCUT2D eigenvalue weighted by molar-refractivity contribution is 6.74. The van der Waals surface area contributed by atoms with Crippen molar-refractivity contribution in [3.63, 3.8) is 0 Å². The number of nitrogens with one attached hydrogen (secondary N) is 1. The van der Waals surface area contributed by atoms with Gasteiger partial charge in [-0.15, -0.1) is 0 Å². The van der Waals surface area contributed by atoms with E-state index < -0.39 is 68.6 Å². The molecule has 0 aliphatic carbocycles. The van der Waals surface area contributed by atoms with E-state index in [1.54, 1.807) is 20.8 Å². The molecule has 202 valence electrons. The van der Waals surface area contributed by atoms with Gasteiger partial charge in [-0.3, -0.25) is 14.4 Å². The van der Waals surface area contributed by atoms with E-state index in [1.807, 2.05) is 33.9 Å². The van der Waals surface area contributed by atoms with Crippen molar-refractivity contribution < 1.29 is 47.3 Å². The minimum absolute atomic E-state index is 0.259. The highest BCUT2D eigenvalue weighted by atomic mass is 28.4. The van der Waals surface area contributed by atoms with Crippen LogP contribution >= 0.6 is 0 Å². The largest absolute Gasteiger partial charge is 0.463 e. The van der Waals surface area contributed by atoms with Gasteiger partial charge < -0.3 is 33.4 Å². The molecule has 0 unspecified atom stereocenters. The highest BCUT2D eigenvalue weighted by Crippen LogP contribution is 2.40. The molecule has 1 amide bonds. The van der Waals surface area contributed by atoms with Crippen molar-refractivity contribution in [1.29, 1.82) is 0 Å². The van der Waals surface area contributed by atoms with Crippen molar-refractivity contribution in [3.8, 4) is 0 Å². The van der Waals surface area contributed by atoms with Crippen LogP contribution in [0.4, 0.5) is 4.79 Å². The van der Waals surface area contributed by atoms with Crippen LogP contribution in [0.1, 0.15) is 62.3 Å². The molecule has 5 atom stereocenters. The van der Waals surface area contributed by atoms with E-state index in [-0.39, 0.29) is 11.6 Å². The van der Waals surface area contributed by atoms with E-state index in [1.165, 1.54) is 20.8 Å². The summed E-state index contributed by atoms with van der Waals surface area (Å²) in [5, 5.41) is 2.42. The Morgan fingerprint density at radius 1 is 0.857 bits per heavy atom. The number of carbonyl (C=O) groups is 4. The van der Waals surface area contributed by atoms with Gasteiger partial charge in [-0.1, -0.05) is 20.8 Å². The third-order valence-corrected chi connectivity index (χ3v) is 10.1. The van der Waals surface area contributed by atoms with Gasteiger partial charge in [-0.2, -0.15) is 0 Å². The summed E-state index contributed by atoms with van der Waals surface area (Å²) in [6.07, 6.45) is -5.26. The average molecular weight is 520 g/mol. The van der Waals surface area contributed by atoms with E-state index in [0.29, 0.717) is 0 Å². The summed E-state index contributed by atoms with van der Waals surface area (Å²) in [5.41, 5.74) is -0.806. The Morgan fingerprint density at radius 2 is 1.40 bits per heavy atom. The zero-order chi connectivity index (χ0) is 27.4. The second kappa shape index (κ2) is 11.7. The summed E-state index contributed by atoms with van der Waals surface area (Å²) in [6, 6.07) is -1.10. The first-order valence-corrected chi connectivity index (χ1v) is 14.4. The second-order valence-corrected chi connectivity index (χ2v) is 15.8. The van der Waals surface area contributed by atoms with Gasteiger partial charge in [0.1, 0.15) is 30.5 Å². The summed E-state index contributed by atoms with van der Waals surface area (Å²) >= 11 is 0. The number of hydrogen-bond donors (Lipinski definition) is 1. The van der Waals surface area contributed by atoms with Gasteiger partial charge in [-0.25, -0.2) is 4.79 Å². The van der Waals surface area contributed by atoms with E-state index >= 15 is 0 Å². The lowest BCUT2D eigenvalue weighted by Gasteiger charge is -2.49. The van der Waals surface area contributed by atoms with Crippen molar-refractivity contribution in [2.45, 2.75) is 117 Å². The molecule has 12 heteroatoms. The molecule has 35 heavy (non-hydrogen) atoms. The topological polar surface area (TPSA) is 136 Å². The molecular weight excluding hydrogens is 478 g/mol. The number of ether oxygens (including phenoxy) is 5. The molecule has 1 N–H and O–H groups in total. The Balaban J connectivity index is 3.57. The summed E-state index contributed by atoms with van der Waals surface area (Å²) in [4.78, 5) is 48.2. The maximum Gasteiger partial charge on any atom is 0.408 e. The fraction of sp³-hybridized carbons (Fsp3) is 0.826. The number of alkyl carbamates (subject to hydrolysis) is 1. The number of carbonyl (C=O) groups excluding carboxylic acids is 4. The highest BCUT2D eigenvalue weighted by Gasteiger charge is 2.54. The fourth-order valence-corrected chi connectivity index (χ4v) is 4.40. The first-order valence-electron chi connectivity index (χ1n) is 11.5. The van der Waals surface area contributed by atoms with E-state index in [9.17, 15) is 19.2 Å². The first-order chi connectivity index (χ1) is 15.7. The van der Waals surface area contributed by atoms with E-state index in [0.717, 1.165) is 0 Å². The van der Waals surface area contributed by atoms with Crippen LogP contribution in [0.2, 0.25) is 18.1 Å². The molecule has 1 rings (SSSR count). The predicted octanol–water partition coefficient (Wildman–Crippen LogP) is 3.05. The Kier molecular flexibility index (Phi) is 10.3. The monoisotopic (exact) mass is 519 g/mol. The summed E-state index contributed by atoms with van der Waals surface area (Å²) in [7, 11) is -2.56. The standard InChI is InChI=1S/C23H41NO10Si/c1-13(25)29-12-16-18(30-14(2)26)19(34-35(10,11)23(7,8)9)17(20(32-16)31-15(3)27)24-21(28)33-22(4,5)6/h16-20H,12H2,1-11H3,(H,24,28)/t16-,17+,18-,19-,20-/m0/s1. The van der Waals surface area contributed by atoms with Gasteiger partial charge >= 0.3 is 24.0 Å². The second-order valence-electron chi connectivity index (χ2n) is 11.0. The Bertz CT molecular complexity index is 786. The van der Waals surface area contributed by atoms with Gasteiger partial charge in [0.25, 0.3) is 0 Å². The quantitative estimate of drug-likeness (QED) is 0.304. The molecule has 0 bridgehead atoms. The molecule has 0 saturated carbocycles. The van der Waals surface area contributed by atoms with Crippen molar-refractivity contribution >= 4 is 32.3 Å². The third-order valence-electron chi connectivity index (χ3n) is 5.60. The van der Waals surface area contributed by atoms with Crippen LogP contribution in [0, 0.1) is 0 Å². The van der Waals surface area contributed by atoms with Gasteiger partial charge in [0, 0.05) is 20.8 Å². The molecule has 11 nitrogen and oxygen atoms in total. The maximum absolute atomic E-state index is 12.7. The molecule has 1 aliphatic rings. The SMILES string of the molecule is CC(=O)OC[C@@H]1O[C@H](OC(C)=O)[C@H](NC(=O)OC(C)(C)C)[C@H](O[Si](C)(C)C(C)(C)C)[C@H]1OC(C)=O. The predicted molar refractivity (Wildman–Crippen MR) is 128 cm³/mol. The fourth-order valence-electron chi connectivity index (χ4n) is 3.09. The molecule has 1 fully saturated rings. The molecule has 1 heterocycles. The average Bonchev–Trinajstić information content (AvgIpc) is 2.61. The van der Waals surface area contributed by atoms with Gasteiger partial charge in [0.15, 0.2) is 14.4 Å².